The Morgan fingerprint density at radius 3 is 2.61 bits per heavy atom. The summed E-state index contributed by atoms with van der Waals surface area (Å²) >= 11 is 6.16. The summed E-state index contributed by atoms with van der Waals surface area (Å²) in [6.45, 7) is 5.63. The molecule has 0 heterocycles. The molecule has 0 atom stereocenters. The molecule has 0 aliphatic rings. The van der Waals surface area contributed by atoms with Crippen molar-refractivity contribution < 1.29 is 9.59 Å². The molecule has 0 spiro atoms. The predicted molar refractivity (Wildman–Crippen MR) is 127 cm³/mol. The summed E-state index contributed by atoms with van der Waals surface area (Å²) in [6, 6.07) is 13.0. The molecule has 31 heavy (non-hydrogen) atoms. The molecule has 2 aromatic carbocycles. The number of rotatable bonds is 9. The van der Waals surface area contributed by atoms with Gasteiger partial charge in [-0.25, -0.2) is 0 Å². The molecule has 0 saturated heterocycles. The Morgan fingerprint density at radius 1 is 1.10 bits per heavy atom. The van der Waals surface area contributed by atoms with Gasteiger partial charge in [-0.1, -0.05) is 29.8 Å². The fourth-order valence-corrected chi connectivity index (χ4v) is 3.17. The predicted octanol–water partition coefficient (Wildman–Crippen LogP) is 3.13. The van der Waals surface area contributed by atoms with Gasteiger partial charge in [0.1, 0.15) is 0 Å². The van der Waals surface area contributed by atoms with E-state index >= 15 is 0 Å². The largest absolute Gasteiger partial charge is 0.357 e. The number of carbonyl (C=O) groups is 2. The smallest absolute Gasteiger partial charge is 0.251 e. The molecule has 0 unspecified atom stereocenters. The number of halogens is 1. The Labute approximate surface area is 188 Å². The Hall–Kier alpha value is -3.06. The lowest BCUT2D eigenvalue weighted by Crippen LogP contribution is -2.38. The minimum absolute atomic E-state index is 0.102. The van der Waals surface area contributed by atoms with E-state index in [2.05, 4.69) is 26.3 Å². The number of aryl methyl sites for hydroxylation is 1. The van der Waals surface area contributed by atoms with Crippen LogP contribution < -0.4 is 21.3 Å². The van der Waals surface area contributed by atoms with Crippen LogP contribution in [0.15, 0.2) is 47.5 Å². The van der Waals surface area contributed by atoms with Crippen LogP contribution >= 0.6 is 11.6 Å². The third kappa shape index (κ3) is 8.30. The number of aliphatic imine (C=N–C) groups is 1. The minimum Gasteiger partial charge on any atom is -0.357 e. The topological polar surface area (TPSA) is 94.6 Å². The lowest BCUT2D eigenvalue weighted by Gasteiger charge is -2.12. The first-order valence-electron chi connectivity index (χ1n) is 10.3. The molecule has 7 nitrogen and oxygen atoms in total. The molecular formula is C23H30ClN5O2. The van der Waals surface area contributed by atoms with Crippen molar-refractivity contribution in [3.05, 3.63) is 64.2 Å². The van der Waals surface area contributed by atoms with Crippen LogP contribution in [0.25, 0.3) is 0 Å². The number of nitrogens with one attached hydrogen (secondary N) is 4. The first kappa shape index (κ1) is 24.2. The van der Waals surface area contributed by atoms with E-state index in [4.69, 9.17) is 11.6 Å². The second-order valence-corrected chi connectivity index (χ2v) is 7.41. The van der Waals surface area contributed by atoms with E-state index in [1.54, 1.807) is 19.2 Å². The zero-order chi connectivity index (χ0) is 22.6. The van der Waals surface area contributed by atoms with Crippen LogP contribution in [0.2, 0.25) is 5.02 Å². The van der Waals surface area contributed by atoms with Gasteiger partial charge in [-0.2, -0.15) is 0 Å². The molecule has 2 amide bonds. The number of nitrogens with zero attached hydrogens (tertiary/aromatic N) is 1. The molecule has 2 rings (SSSR count). The lowest BCUT2D eigenvalue weighted by molar-refractivity contribution is -0.116. The van der Waals surface area contributed by atoms with Crippen molar-refractivity contribution in [2.45, 2.75) is 26.7 Å². The zero-order valence-corrected chi connectivity index (χ0v) is 19.0. The number of amides is 2. The molecule has 8 heteroatoms. The van der Waals surface area contributed by atoms with Crippen LogP contribution in [-0.2, 0) is 11.2 Å². The van der Waals surface area contributed by atoms with E-state index in [0.29, 0.717) is 41.9 Å². The number of guanidine groups is 1. The van der Waals surface area contributed by atoms with Crippen molar-refractivity contribution in [1.82, 2.24) is 16.0 Å². The van der Waals surface area contributed by atoms with Gasteiger partial charge >= 0.3 is 0 Å². The monoisotopic (exact) mass is 443 g/mol. The summed E-state index contributed by atoms with van der Waals surface area (Å²) in [5, 5.41) is 12.4. The first-order chi connectivity index (χ1) is 14.9. The van der Waals surface area contributed by atoms with Crippen molar-refractivity contribution in [2.75, 3.05) is 32.0 Å². The summed E-state index contributed by atoms with van der Waals surface area (Å²) in [6.07, 6.45) is 0.983. The van der Waals surface area contributed by atoms with Gasteiger partial charge in [0, 0.05) is 32.1 Å². The van der Waals surface area contributed by atoms with Gasteiger partial charge in [-0.3, -0.25) is 14.6 Å². The maximum atomic E-state index is 12.2. The number of benzene rings is 2. The zero-order valence-electron chi connectivity index (χ0n) is 18.2. The van der Waals surface area contributed by atoms with Gasteiger partial charge in [0.2, 0.25) is 5.91 Å². The summed E-state index contributed by atoms with van der Waals surface area (Å²) in [7, 11) is 1.62. The molecular weight excluding hydrogens is 414 g/mol. The molecule has 166 valence electrons. The van der Waals surface area contributed by atoms with Crippen LogP contribution in [0.1, 0.15) is 34.8 Å². The highest BCUT2D eigenvalue weighted by atomic mass is 35.5. The molecule has 0 bridgehead atoms. The third-order valence-corrected chi connectivity index (χ3v) is 4.79. The fourth-order valence-electron chi connectivity index (χ4n) is 2.88. The number of carbonyl (C=O) groups excluding carboxylic acids is 2. The van der Waals surface area contributed by atoms with Crippen LogP contribution in [0.5, 0.6) is 0 Å². The van der Waals surface area contributed by atoms with Crippen molar-refractivity contribution in [2.24, 2.45) is 4.99 Å². The van der Waals surface area contributed by atoms with Gasteiger partial charge in [-0.05, 0) is 55.7 Å². The Balaban J connectivity index is 1.83. The van der Waals surface area contributed by atoms with E-state index in [1.165, 1.54) is 0 Å². The van der Waals surface area contributed by atoms with Crippen LogP contribution in [0.3, 0.4) is 0 Å². The molecule has 0 aliphatic carbocycles. The highest BCUT2D eigenvalue weighted by molar-refractivity contribution is 6.33. The van der Waals surface area contributed by atoms with Gasteiger partial charge in [-0.15, -0.1) is 0 Å². The Morgan fingerprint density at radius 2 is 1.90 bits per heavy atom. The maximum Gasteiger partial charge on any atom is 0.251 e. The van der Waals surface area contributed by atoms with Gasteiger partial charge < -0.3 is 21.3 Å². The second kappa shape index (κ2) is 12.6. The minimum atomic E-state index is -0.142. The van der Waals surface area contributed by atoms with Crippen LogP contribution in [0, 0.1) is 6.92 Å². The number of hydrogen-bond acceptors (Lipinski definition) is 3. The van der Waals surface area contributed by atoms with E-state index in [9.17, 15) is 9.59 Å². The van der Waals surface area contributed by atoms with Gasteiger partial charge in [0.05, 0.1) is 17.3 Å². The summed E-state index contributed by atoms with van der Waals surface area (Å²) in [5.74, 6) is 0.400. The van der Waals surface area contributed by atoms with Crippen molar-refractivity contribution >= 4 is 35.1 Å². The molecule has 4 N–H and O–H groups in total. The molecule has 0 aromatic heterocycles. The summed E-state index contributed by atoms with van der Waals surface area (Å²) in [5.41, 5.74) is 3.33. The van der Waals surface area contributed by atoms with E-state index < -0.39 is 0 Å². The molecule has 0 aliphatic heterocycles. The van der Waals surface area contributed by atoms with E-state index in [-0.39, 0.29) is 18.2 Å². The maximum absolute atomic E-state index is 12.2. The number of hydrogen-bond donors (Lipinski definition) is 4. The Bertz CT molecular complexity index is 930. The third-order valence-electron chi connectivity index (χ3n) is 4.47. The lowest BCUT2D eigenvalue weighted by atomic mass is 10.1. The summed E-state index contributed by atoms with van der Waals surface area (Å²) in [4.78, 5) is 28.4. The molecule has 0 saturated carbocycles. The van der Waals surface area contributed by atoms with Crippen molar-refractivity contribution in [3.63, 3.8) is 0 Å². The number of anilines is 1. The van der Waals surface area contributed by atoms with Crippen molar-refractivity contribution in [1.29, 1.82) is 0 Å². The quantitative estimate of drug-likeness (QED) is 0.353. The highest BCUT2D eigenvalue weighted by Gasteiger charge is 2.07. The van der Waals surface area contributed by atoms with Gasteiger partial charge in [0.25, 0.3) is 5.91 Å². The molecule has 0 radical (unpaired) electrons. The summed E-state index contributed by atoms with van der Waals surface area (Å²) < 4.78 is 0. The SMILES string of the molecule is CCNC(=NCCC(=O)Nc1ccc(C)cc1Cl)NCCc1cccc(C(=O)NC)c1. The van der Waals surface area contributed by atoms with E-state index in [0.717, 1.165) is 17.5 Å². The van der Waals surface area contributed by atoms with E-state index in [1.807, 2.05) is 44.2 Å². The second-order valence-electron chi connectivity index (χ2n) is 7.00. The van der Waals surface area contributed by atoms with Crippen LogP contribution in [0.4, 0.5) is 5.69 Å². The first-order valence-corrected chi connectivity index (χ1v) is 10.7. The normalized spacial score (nSPS) is 11.0. The van der Waals surface area contributed by atoms with Crippen LogP contribution in [-0.4, -0.2) is 44.5 Å². The molecule has 2 aromatic rings. The average Bonchev–Trinajstić information content (AvgIpc) is 2.75. The fraction of sp³-hybridized carbons (Fsp3) is 0.348. The van der Waals surface area contributed by atoms with Crippen molar-refractivity contribution in [3.8, 4) is 0 Å². The molecule has 0 fully saturated rings. The van der Waals surface area contributed by atoms with Gasteiger partial charge in [0.15, 0.2) is 5.96 Å². The Kier molecular flexibility index (Phi) is 9.84. The standard InChI is InChI=1S/C23H30ClN5O2/c1-4-26-23(27-12-10-17-6-5-7-18(15-17)22(31)25-3)28-13-11-21(30)29-20-9-8-16(2)14-19(20)24/h5-9,14-15H,4,10-13H2,1-3H3,(H,25,31)(H,29,30)(H2,26,27,28). The average molecular weight is 444 g/mol. The highest BCUT2D eigenvalue weighted by Crippen LogP contribution is 2.22.